The van der Waals surface area contributed by atoms with Gasteiger partial charge in [0.25, 0.3) is 0 Å². The van der Waals surface area contributed by atoms with Crippen LogP contribution in [0.2, 0.25) is 0 Å². The van der Waals surface area contributed by atoms with Crippen molar-refractivity contribution in [2.24, 2.45) is 7.05 Å². The van der Waals surface area contributed by atoms with E-state index in [9.17, 15) is 4.79 Å². The van der Waals surface area contributed by atoms with E-state index in [0.29, 0.717) is 5.57 Å². The van der Waals surface area contributed by atoms with Crippen LogP contribution in [0.4, 0.5) is 0 Å². The van der Waals surface area contributed by atoms with Crippen LogP contribution in [0.3, 0.4) is 0 Å². The summed E-state index contributed by atoms with van der Waals surface area (Å²) in [6.07, 6.45) is 6.03. The predicted molar refractivity (Wildman–Crippen MR) is 42.9 cm³/mol. The average molecular weight is 150 g/mol. The molecule has 0 radical (unpaired) electrons. The van der Waals surface area contributed by atoms with Crippen molar-refractivity contribution in [2.45, 2.75) is 6.92 Å². The molecule has 1 rings (SSSR count). The van der Waals surface area contributed by atoms with Crippen LogP contribution in [0.15, 0.2) is 18.1 Å². The Morgan fingerprint density at radius 3 is 2.91 bits per heavy atom. The van der Waals surface area contributed by atoms with Gasteiger partial charge in [-0.2, -0.15) is 0 Å². The SMILES string of the molecule is CC(C=O)=Cc1cncn1C. The normalized spacial score (nSPS) is 11.6. The molecule has 3 nitrogen and oxygen atoms in total. The number of aromatic nitrogens is 2. The molecule has 58 valence electrons. The van der Waals surface area contributed by atoms with Crippen LogP contribution in [0.1, 0.15) is 12.6 Å². The molecule has 1 aromatic heterocycles. The zero-order valence-corrected chi connectivity index (χ0v) is 6.61. The maximum Gasteiger partial charge on any atom is 0.145 e. The van der Waals surface area contributed by atoms with E-state index in [1.165, 1.54) is 0 Å². The molecule has 0 aromatic carbocycles. The maximum absolute atomic E-state index is 10.2. The minimum Gasteiger partial charge on any atom is -0.334 e. The lowest BCUT2D eigenvalue weighted by molar-refractivity contribution is -0.104. The van der Waals surface area contributed by atoms with E-state index >= 15 is 0 Å². The number of aryl methyl sites for hydroxylation is 1. The van der Waals surface area contributed by atoms with Gasteiger partial charge in [0.2, 0.25) is 0 Å². The topological polar surface area (TPSA) is 34.9 Å². The Kier molecular flexibility index (Phi) is 2.21. The third-order valence-corrected chi connectivity index (χ3v) is 1.42. The third-order valence-electron chi connectivity index (χ3n) is 1.42. The summed E-state index contributed by atoms with van der Waals surface area (Å²) in [5, 5.41) is 0. The van der Waals surface area contributed by atoms with Crippen LogP contribution in [-0.2, 0) is 11.8 Å². The predicted octanol–water partition coefficient (Wildman–Crippen LogP) is 1.02. The maximum atomic E-state index is 10.2. The number of hydrogen-bond acceptors (Lipinski definition) is 2. The fraction of sp³-hybridized carbons (Fsp3) is 0.250. The van der Waals surface area contributed by atoms with Gasteiger partial charge >= 0.3 is 0 Å². The van der Waals surface area contributed by atoms with Gasteiger partial charge in [-0.25, -0.2) is 4.98 Å². The van der Waals surface area contributed by atoms with Crippen LogP contribution >= 0.6 is 0 Å². The minimum atomic E-state index is 0.702. The summed E-state index contributed by atoms with van der Waals surface area (Å²) in [7, 11) is 1.89. The van der Waals surface area contributed by atoms with E-state index in [0.717, 1.165) is 12.0 Å². The Morgan fingerprint density at radius 1 is 1.73 bits per heavy atom. The van der Waals surface area contributed by atoms with Gasteiger partial charge in [-0.3, -0.25) is 4.79 Å². The van der Waals surface area contributed by atoms with E-state index in [4.69, 9.17) is 0 Å². The highest BCUT2D eigenvalue weighted by atomic mass is 16.1. The molecule has 0 aliphatic heterocycles. The van der Waals surface area contributed by atoms with E-state index < -0.39 is 0 Å². The summed E-state index contributed by atoms with van der Waals surface area (Å²) in [6.45, 7) is 1.76. The monoisotopic (exact) mass is 150 g/mol. The first kappa shape index (κ1) is 7.72. The highest BCUT2D eigenvalue weighted by Gasteiger charge is 1.93. The molecule has 0 saturated heterocycles. The van der Waals surface area contributed by atoms with Crippen LogP contribution < -0.4 is 0 Å². The van der Waals surface area contributed by atoms with E-state index in [1.54, 1.807) is 25.5 Å². The molecule has 0 saturated carbocycles. The van der Waals surface area contributed by atoms with E-state index in [-0.39, 0.29) is 0 Å². The van der Waals surface area contributed by atoms with Gasteiger partial charge in [-0.05, 0) is 18.6 Å². The molecule has 1 aromatic rings. The highest BCUT2D eigenvalue weighted by molar-refractivity contribution is 5.80. The number of nitrogens with zero attached hydrogens (tertiary/aromatic N) is 2. The van der Waals surface area contributed by atoms with Crippen molar-refractivity contribution in [3.05, 3.63) is 23.8 Å². The van der Waals surface area contributed by atoms with Crippen molar-refractivity contribution in [1.82, 2.24) is 9.55 Å². The quantitative estimate of drug-likeness (QED) is 0.466. The van der Waals surface area contributed by atoms with Gasteiger partial charge in [0.15, 0.2) is 0 Å². The first-order valence-corrected chi connectivity index (χ1v) is 3.34. The first-order valence-electron chi connectivity index (χ1n) is 3.34. The molecule has 1 heterocycles. The zero-order chi connectivity index (χ0) is 8.27. The van der Waals surface area contributed by atoms with Gasteiger partial charge in [0.1, 0.15) is 6.29 Å². The van der Waals surface area contributed by atoms with Gasteiger partial charge < -0.3 is 4.57 Å². The van der Waals surface area contributed by atoms with Crippen molar-refractivity contribution >= 4 is 12.4 Å². The Hall–Kier alpha value is -1.38. The molecule has 3 heteroatoms. The van der Waals surface area contributed by atoms with E-state index in [1.807, 2.05) is 11.6 Å². The molecule has 0 aliphatic carbocycles. The largest absolute Gasteiger partial charge is 0.334 e. The molecule has 0 fully saturated rings. The lowest BCUT2D eigenvalue weighted by atomic mass is 10.3. The van der Waals surface area contributed by atoms with Crippen LogP contribution in [0.5, 0.6) is 0 Å². The smallest absolute Gasteiger partial charge is 0.145 e. The van der Waals surface area contributed by atoms with Gasteiger partial charge in [-0.15, -0.1) is 0 Å². The van der Waals surface area contributed by atoms with Crippen molar-refractivity contribution in [3.63, 3.8) is 0 Å². The molecule has 0 unspecified atom stereocenters. The number of carbonyl (C=O) groups excluding carboxylic acids is 1. The number of allylic oxidation sites excluding steroid dienone is 1. The summed E-state index contributed by atoms with van der Waals surface area (Å²) < 4.78 is 1.85. The van der Waals surface area contributed by atoms with Crippen molar-refractivity contribution in [1.29, 1.82) is 0 Å². The molecule has 0 amide bonds. The molecular formula is C8H10N2O. The van der Waals surface area contributed by atoms with Gasteiger partial charge in [0.05, 0.1) is 18.2 Å². The Morgan fingerprint density at radius 2 is 2.45 bits per heavy atom. The minimum absolute atomic E-state index is 0.702. The number of imidazole rings is 1. The molecule has 0 atom stereocenters. The number of rotatable bonds is 2. The molecule has 11 heavy (non-hydrogen) atoms. The number of carbonyl (C=O) groups is 1. The van der Waals surface area contributed by atoms with Crippen molar-refractivity contribution in [3.8, 4) is 0 Å². The van der Waals surface area contributed by atoms with Crippen molar-refractivity contribution < 1.29 is 4.79 Å². The molecule has 0 bridgehead atoms. The zero-order valence-electron chi connectivity index (χ0n) is 6.61. The fourth-order valence-corrected chi connectivity index (χ4v) is 0.774. The lowest BCUT2D eigenvalue weighted by Gasteiger charge is -1.93. The standard InChI is InChI=1S/C8H10N2O/c1-7(5-11)3-8-4-9-6-10(8)2/h3-6H,1-2H3. The third kappa shape index (κ3) is 1.77. The second kappa shape index (κ2) is 3.14. The fourth-order valence-electron chi connectivity index (χ4n) is 0.774. The lowest BCUT2D eigenvalue weighted by Crippen LogP contribution is -1.88. The average Bonchev–Trinajstić information content (AvgIpc) is 2.37. The van der Waals surface area contributed by atoms with Crippen LogP contribution in [0.25, 0.3) is 6.08 Å². The van der Waals surface area contributed by atoms with Crippen LogP contribution in [-0.4, -0.2) is 15.8 Å². The van der Waals surface area contributed by atoms with Crippen molar-refractivity contribution in [2.75, 3.05) is 0 Å². The molecule has 0 N–H and O–H groups in total. The van der Waals surface area contributed by atoms with Gasteiger partial charge in [0, 0.05) is 7.05 Å². The Labute approximate surface area is 65.4 Å². The number of hydrogen-bond donors (Lipinski definition) is 0. The molecule has 0 aliphatic rings. The van der Waals surface area contributed by atoms with Gasteiger partial charge in [-0.1, -0.05) is 0 Å². The summed E-state index contributed by atoms with van der Waals surface area (Å²) in [5.74, 6) is 0. The van der Waals surface area contributed by atoms with E-state index in [2.05, 4.69) is 4.98 Å². The Bertz CT molecular complexity index is 286. The second-order valence-electron chi connectivity index (χ2n) is 2.44. The first-order chi connectivity index (χ1) is 5.24. The summed E-state index contributed by atoms with van der Waals surface area (Å²) >= 11 is 0. The molecular weight excluding hydrogens is 140 g/mol. The summed E-state index contributed by atoms with van der Waals surface area (Å²) in [4.78, 5) is 14.2. The summed E-state index contributed by atoms with van der Waals surface area (Å²) in [5.41, 5.74) is 1.64. The highest BCUT2D eigenvalue weighted by Crippen LogP contribution is 2.02. The Balaban J connectivity index is 2.94. The molecule has 0 spiro atoms. The summed E-state index contributed by atoms with van der Waals surface area (Å²) in [6, 6.07) is 0. The van der Waals surface area contributed by atoms with Crippen LogP contribution in [0, 0.1) is 0 Å². The number of aldehydes is 1. The second-order valence-corrected chi connectivity index (χ2v) is 2.44.